The summed E-state index contributed by atoms with van der Waals surface area (Å²) in [5.74, 6) is -0.431. The molecule has 3 N–H and O–H groups in total. The van der Waals surface area contributed by atoms with Crippen LogP contribution in [0.25, 0.3) is 11.1 Å². The fourth-order valence-electron chi connectivity index (χ4n) is 4.48. The van der Waals surface area contributed by atoms with Crippen LogP contribution in [0.4, 0.5) is 10.5 Å². The fourth-order valence-corrected chi connectivity index (χ4v) is 4.48. The third kappa shape index (κ3) is 8.54. The van der Waals surface area contributed by atoms with E-state index in [2.05, 4.69) is 16.0 Å². The fraction of sp³-hybridized carbons (Fsp3) is 0.206. The van der Waals surface area contributed by atoms with Crippen LogP contribution in [-0.4, -0.2) is 23.9 Å². The van der Waals surface area contributed by atoms with E-state index in [1.165, 1.54) is 0 Å². The predicted molar refractivity (Wildman–Crippen MR) is 161 cm³/mol. The van der Waals surface area contributed by atoms with Gasteiger partial charge in [-0.1, -0.05) is 105 Å². The van der Waals surface area contributed by atoms with Crippen molar-refractivity contribution in [3.63, 3.8) is 0 Å². The highest BCUT2D eigenvalue weighted by Crippen LogP contribution is 2.28. The van der Waals surface area contributed by atoms with Gasteiger partial charge in [0.15, 0.2) is 0 Å². The molecule has 4 aromatic rings. The van der Waals surface area contributed by atoms with Gasteiger partial charge in [0.25, 0.3) is 5.91 Å². The van der Waals surface area contributed by atoms with Crippen molar-refractivity contribution >= 4 is 23.6 Å². The number of hydrogen-bond donors (Lipinski definition) is 3. The van der Waals surface area contributed by atoms with Crippen LogP contribution in [-0.2, 0) is 22.7 Å². The molecule has 3 amide bonds. The summed E-state index contributed by atoms with van der Waals surface area (Å²) in [6.45, 7) is 4.41. The maximum atomic E-state index is 13.6. The van der Waals surface area contributed by atoms with Gasteiger partial charge in [-0.05, 0) is 52.8 Å². The summed E-state index contributed by atoms with van der Waals surface area (Å²) in [6.07, 6.45) is -0.0475. The Balaban J connectivity index is 1.48. The molecule has 0 spiro atoms. The first-order valence-electron chi connectivity index (χ1n) is 13.7. The third-order valence-corrected chi connectivity index (χ3v) is 6.49. The largest absolute Gasteiger partial charge is 0.445 e. The second-order valence-electron chi connectivity index (χ2n) is 10.1. The number of hydrogen-bond acceptors (Lipinski definition) is 4. The van der Waals surface area contributed by atoms with Crippen molar-refractivity contribution in [1.82, 2.24) is 10.6 Å². The standard InChI is InChI=1S/C34H35N3O4/c1-24(2)21-31(33(39)36-27-16-7-4-8-17-27)37-32(38)30-20-12-11-19-29(30)28-18-10-9-15-26(28)22-35-34(40)41-23-25-13-5-3-6-14-25/h3-20,24,31H,21-23H2,1-2H3,(H,35,40)(H,36,39)(H,37,38)/t31-/m0/s1. The Hall–Kier alpha value is -4.91. The molecule has 0 aliphatic carbocycles. The minimum absolute atomic E-state index is 0.173. The number of amides is 3. The molecule has 0 heterocycles. The average Bonchev–Trinajstić information content (AvgIpc) is 2.99. The molecular weight excluding hydrogens is 514 g/mol. The van der Waals surface area contributed by atoms with Gasteiger partial charge in [0, 0.05) is 17.8 Å². The first-order chi connectivity index (χ1) is 19.9. The SMILES string of the molecule is CC(C)C[C@H](NC(=O)c1ccccc1-c1ccccc1CNC(=O)OCc1ccccc1)C(=O)Nc1ccccc1. The summed E-state index contributed by atoms with van der Waals surface area (Å²) in [7, 11) is 0. The summed E-state index contributed by atoms with van der Waals surface area (Å²) >= 11 is 0. The Labute approximate surface area is 240 Å². The van der Waals surface area contributed by atoms with Gasteiger partial charge in [-0.25, -0.2) is 4.79 Å². The number of nitrogens with one attached hydrogen (secondary N) is 3. The molecule has 0 radical (unpaired) electrons. The zero-order valence-electron chi connectivity index (χ0n) is 23.3. The van der Waals surface area contributed by atoms with E-state index in [4.69, 9.17) is 4.74 Å². The van der Waals surface area contributed by atoms with Crippen LogP contribution in [0.15, 0.2) is 109 Å². The van der Waals surface area contributed by atoms with Crippen molar-refractivity contribution in [2.75, 3.05) is 5.32 Å². The minimum atomic E-state index is -0.716. The van der Waals surface area contributed by atoms with Crippen LogP contribution < -0.4 is 16.0 Å². The molecule has 4 aromatic carbocycles. The normalized spacial score (nSPS) is 11.4. The van der Waals surface area contributed by atoms with Crippen LogP contribution in [0.1, 0.15) is 41.8 Å². The van der Waals surface area contributed by atoms with E-state index < -0.39 is 12.1 Å². The smallest absolute Gasteiger partial charge is 0.407 e. The first kappa shape index (κ1) is 29.1. The van der Waals surface area contributed by atoms with E-state index in [0.29, 0.717) is 23.2 Å². The number of para-hydroxylation sites is 1. The molecule has 0 saturated carbocycles. The lowest BCUT2D eigenvalue weighted by Crippen LogP contribution is -2.44. The summed E-state index contributed by atoms with van der Waals surface area (Å²) < 4.78 is 5.35. The molecule has 1 atom stereocenters. The summed E-state index contributed by atoms with van der Waals surface area (Å²) in [4.78, 5) is 39.1. The molecule has 7 heteroatoms. The summed E-state index contributed by atoms with van der Waals surface area (Å²) in [5, 5.41) is 8.66. The van der Waals surface area contributed by atoms with Crippen LogP contribution in [0, 0.1) is 5.92 Å². The number of rotatable bonds is 11. The van der Waals surface area contributed by atoms with E-state index in [-0.39, 0.29) is 30.9 Å². The quantitative estimate of drug-likeness (QED) is 0.197. The molecule has 0 aliphatic rings. The van der Waals surface area contributed by atoms with Crippen LogP contribution in [0.5, 0.6) is 0 Å². The van der Waals surface area contributed by atoms with Gasteiger partial charge in [-0.3, -0.25) is 9.59 Å². The van der Waals surface area contributed by atoms with Crippen molar-refractivity contribution in [3.05, 3.63) is 126 Å². The van der Waals surface area contributed by atoms with Gasteiger partial charge in [0.2, 0.25) is 5.91 Å². The predicted octanol–water partition coefficient (Wildman–Crippen LogP) is 6.56. The second kappa shape index (κ2) is 14.5. The van der Waals surface area contributed by atoms with Gasteiger partial charge in [-0.2, -0.15) is 0 Å². The summed E-state index contributed by atoms with van der Waals surface area (Å²) in [5.41, 5.74) is 4.33. The van der Waals surface area contributed by atoms with Gasteiger partial charge in [0.1, 0.15) is 12.6 Å². The minimum Gasteiger partial charge on any atom is -0.445 e. The Bertz CT molecular complexity index is 1460. The molecule has 4 rings (SSSR count). The zero-order valence-corrected chi connectivity index (χ0v) is 23.3. The van der Waals surface area contributed by atoms with Gasteiger partial charge < -0.3 is 20.7 Å². The molecule has 0 fully saturated rings. The van der Waals surface area contributed by atoms with E-state index >= 15 is 0 Å². The van der Waals surface area contributed by atoms with Gasteiger partial charge >= 0.3 is 6.09 Å². The van der Waals surface area contributed by atoms with Crippen LogP contribution in [0.2, 0.25) is 0 Å². The number of benzene rings is 4. The second-order valence-corrected chi connectivity index (χ2v) is 10.1. The first-order valence-corrected chi connectivity index (χ1v) is 13.7. The van der Waals surface area contributed by atoms with Crippen molar-refractivity contribution in [3.8, 4) is 11.1 Å². The van der Waals surface area contributed by atoms with E-state index in [1.54, 1.807) is 12.1 Å². The van der Waals surface area contributed by atoms with Crippen molar-refractivity contribution in [1.29, 1.82) is 0 Å². The van der Waals surface area contributed by atoms with Gasteiger partial charge in [-0.15, -0.1) is 0 Å². The lowest BCUT2D eigenvalue weighted by Gasteiger charge is -2.21. The lowest BCUT2D eigenvalue weighted by molar-refractivity contribution is -0.118. The van der Waals surface area contributed by atoms with E-state index in [1.807, 2.05) is 111 Å². The maximum absolute atomic E-state index is 13.6. The van der Waals surface area contributed by atoms with E-state index in [0.717, 1.165) is 16.7 Å². The lowest BCUT2D eigenvalue weighted by atomic mass is 9.94. The van der Waals surface area contributed by atoms with Crippen molar-refractivity contribution in [2.24, 2.45) is 5.92 Å². The molecule has 0 aromatic heterocycles. The van der Waals surface area contributed by atoms with Gasteiger partial charge in [0.05, 0.1) is 0 Å². The highest BCUT2D eigenvalue weighted by Gasteiger charge is 2.24. The highest BCUT2D eigenvalue weighted by atomic mass is 16.5. The Morgan fingerprint density at radius 1 is 0.732 bits per heavy atom. The van der Waals surface area contributed by atoms with Crippen LogP contribution in [0.3, 0.4) is 0 Å². The summed E-state index contributed by atoms with van der Waals surface area (Å²) in [6, 6.07) is 32.8. The topological polar surface area (TPSA) is 96.5 Å². The monoisotopic (exact) mass is 549 g/mol. The highest BCUT2D eigenvalue weighted by molar-refractivity contribution is 6.04. The molecular formula is C34H35N3O4. The molecule has 7 nitrogen and oxygen atoms in total. The average molecular weight is 550 g/mol. The molecule has 0 unspecified atom stereocenters. The van der Waals surface area contributed by atoms with Crippen molar-refractivity contribution in [2.45, 2.75) is 39.5 Å². The Kier molecular flexibility index (Phi) is 10.3. The number of carbonyl (C=O) groups is 3. The van der Waals surface area contributed by atoms with Crippen molar-refractivity contribution < 1.29 is 19.1 Å². The number of ether oxygens (including phenoxy) is 1. The zero-order chi connectivity index (χ0) is 29.0. The molecule has 210 valence electrons. The third-order valence-electron chi connectivity index (χ3n) is 6.49. The maximum Gasteiger partial charge on any atom is 0.407 e. The molecule has 0 bridgehead atoms. The molecule has 41 heavy (non-hydrogen) atoms. The molecule has 0 saturated heterocycles. The number of anilines is 1. The van der Waals surface area contributed by atoms with Crippen LogP contribution >= 0.6 is 0 Å². The Morgan fingerprint density at radius 3 is 2.05 bits per heavy atom. The Morgan fingerprint density at radius 2 is 1.34 bits per heavy atom. The number of alkyl carbamates (subject to hydrolysis) is 1. The molecule has 0 aliphatic heterocycles. The number of carbonyl (C=O) groups excluding carboxylic acids is 3. The van der Waals surface area contributed by atoms with E-state index in [9.17, 15) is 14.4 Å².